The molecule has 1 saturated carbocycles. The van der Waals surface area contributed by atoms with E-state index in [1.165, 1.54) is 12.5 Å². The predicted molar refractivity (Wildman–Crippen MR) is 93.2 cm³/mol. The van der Waals surface area contributed by atoms with Crippen LogP contribution >= 0.6 is 23.2 Å². The Balaban J connectivity index is 1.75. The molecule has 1 aliphatic carbocycles. The molecule has 0 unspecified atom stereocenters. The van der Waals surface area contributed by atoms with E-state index in [9.17, 15) is 9.59 Å². The van der Waals surface area contributed by atoms with Crippen molar-refractivity contribution in [2.45, 2.75) is 51.2 Å². The minimum atomic E-state index is -0.835. The number of nitrogens with one attached hydrogen (secondary N) is 3. The van der Waals surface area contributed by atoms with Gasteiger partial charge in [0, 0.05) is 11.1 Å². The summed E-state index contributed by atoms with van der Waals surface area (Å²) in [5, 5.41) is 3.62. The maximum absolute atomic E-state index is 12.0. The Morgan fingerprint density at radius 1 is 1.17 bits per heavy atom. The number of rotatable bonds is 4. The van der Waals surface area contributed by atoms with Gasteiger partial charge >= 0.3 is 6.03 Å². The lowest BCUT2D eigenvalue weighted by Gasteiger charge is -2.23. The van der Waals surface area contributed by atoms with Crippen LogP contribution in [0, 0.1) is 0 Å². The van der Waals surface area contributed by atoms with Crippen molar-refractivity contribution >= 4 is 35.1 Å². The minimum absolute atomic E-state index is 0.164. The Labute approximate surface area is 151 Å². The molecule has 8 heteroatoms. The molecule has 1 atom stereocenters. The average Bonchev–Trinajstić information content (AvgIpc) is 2.56. The molecular formula is C16H21Cl2N3O3. The van der Waals surface area contributed by atoms with Gasteiger partial charge in [0.05, 0.1) is 5.02 Å². The van der Waals surface area contributed by atoms with Crippen molar-refractivity contribution in [3.63, 3.8) is 0 Å². The first-order valence-corrected chi connectivity index (χ1v) is 8.69. The number of amides is 3. The number of hydrogen-bond donors (Lipinski definition) is 3. The van der Waals surface area contributed by atoms with Crippen LogP contribution in [0.2, 0.25) is 10.0 Å². The highest BCUT2D eigenvalue weighted by molar-refractivity contribution is 6.35. The third kappa shape index (κ3) is 5.76. The summed E-state index contributed by atoms with van der Waals surface area (Å²) < 4.78 is 5.47. The molecule has 0 radical (unpaired) electrons. The van der Waals surface area contributed by atoms with Gasteiger partial charge in [0.15, 0.2) is 6.10 Å². The zero-order valence-electron chi connectivity index (χ0n) is 13.4. The molecule has 24 heavy (non-hydrogen) atoms. The van der Waals surface area contributed by atoms with Crippen LogP contribution in [0.1, 0.15) is 39.0 Å². The molecule has 1 fully saturated rings. The summed E-state index contributed by atoms with van der Waals surface area (Å²) in [4.78, 5) is 23.7. The molecule has 0 aromatic heterocycles. The van der Waals surface area contributed by atoms with E-state index >= 15 is 0 Å². The van der Waals surface area contributed by atoms with E-state index in [2.05, 4.69) is 16.2 Å². The van der Waals surface area contributed by atoms with E-state index in [1.807, 2.05) is 0 Å². The Morgan fingerprint density at radius 2 is 1.88 bits per heavy atom. The first-order valence-electron chi connectivity index (χ1n) is 7.94. The van der Waals surface area contributed by atoms with Crippen molar-refractivity contribution in [2.75, 3.05) is 0 Å². The van der Waals surface area contributed by atoms with Crippen molar-refractivity contribution in [1.82, 2.24) is 16.2 Å². The fourth-order valence-corrected chi connectivity index (χ4v) is 2.96. The SMILES string of the molecule is C[C@@H](Oc1ccc(Cl)cc1Cl)C(=O)NNC(=O)NC1CCCCC1. The molecule has 1 aliphatic rings. The maximum Gasteiger partial charge on any atom is 0.333 e. The number of hydrogen-bond acceptors (Lipinski definition) is 3. The van der Waals surface area contributed by atoms with Crippen molar-refractivity contribution in [3.8, 4) is 5.75 Å². The van der Waals surface area contributed by atoms with Crippen LogP contribution in [-0.2, 0) is 4.79 Å². The number of carbonyl (C=O) groups is 2. The van der Waals surface area contributed by atoms with E-state index in [0.29, 0.717) is 15.8 Å². The Bertz CT molecular complexity index is 592. The fourth-order valence-electron chi connectivity index (χ4n) is 2.50. The molecule has 0 saturated heterocycles. The monoisotopic (exact) mass is 373 g/mol. The van der Waals surface area contributed by atoms with Gasteiger partial charge in [0.2, 0.25) is 0 Å². The molecule has 2 rings (SSSR count). The Hall–Kier alpha value is -1.66. The molecule has 0 heterocycles. The van der Waals surface area contributed by atoms with Crippen LogP contribution in [0.5, 0.6) is 5.75 Å². The second-order valence-corrected chi connectivity index (χ2v) is 6.60. The zero-order chi connectivity index (χ0) is 17.5. The van der Waals surface area contributed by atoms with Crippen molar-refractivity contribution in [2.24, 2.45) is 0 Å². The van der Waals surface area contributed by atoms with E-state index < -0.39 is 18.0 Å². The number of benzene rings is 1. The van der Waals surface area contributed by atoms with Gasteiger partial charge in [-0.1, -0.05) is 42.5 Å². The molecule has 1 aromatic rings. The average molecular weight is 374 g/mol. The molecule has 0 bridgehead atoms. The van der Waals surface area contributed by atoms with Gasteiger partial charge < -0.3 is 10.1 Å². The zero-order valence-corrected chi connectivity index (χ0v) is 14.9. The lowest BCUT2D eigenvalue weighted by Crippen LogP contribution is -2.52. The van der Waals surface area contributed by atoms with Crippen LogP contribution in [0.3, 0.4) is 0 Å². The van der Waals surface area contributed by atoms with Gasteiger partial charge in [0.25, 0.3) is 5.91 Å². The summed E-state index contributed by atoms with van der Waals surface area (Å²) in [6.07, 6.45) is 4.54. The van der Waals surface area contributed by atoms with Crippen LogP contribution in [0.4, 0.5) is 4.79 Å². The van der Waals surface area contributed by atoms with E-state index in [-0.39, 0.29) is 6.04 Å². The summed E-state index contributed by atoms with van der Waals surface area (Å²) in [6.45, 7) is 1.56. The van der Waals surface area contributed by atoms with Crippen molar-refractivity contribution in [1.29, 1.82) is 0 Å². The maximum atomic E-state index is 12.0. The van der Waals surface area contributed by atoms with Crippen LogP contribution in [0.25, 0.3) is 0 Å². The molecular weight excluding hydrogens is 353 g/mol. The standard InChI is InChI=1S/C16H21Cl2N3O3/c1-10(24-14-8-7-11(17)9-13(14)18)15(22)20-21-16(23)19-12-5-3-2-4-6-12/h7-10,12H,2-6H2,1H3,(H,20,22)(H2,19,21,23)/t10-/m1/s1. The van der Waals surface area contributed by atoms with Gasteiger partial charge in [-0.2, -0.15) is 0 Å². The number of halogens is 2. The topological polar surface area (TPSA) is 79.5 Å². The summed E-state index contributed by atoms with van der Waals surface area (Å²) in [7, 11) is 0. The van der Waals surface area contributed by atoms with Gasteiger partial charge in [0.1, 0.15) is 5.75 Å². The first kappa shape index (κ1) is 18.7. The highest BCUT2D eigenvalue weighted by Crippen LogP contribution is 2.28. The first-order chi connectivity index (χ1) is 11.5. The number of urea groups is 1. The molecule has 3 N–H and O–H groups in total. The van der Waals surface area contributed by atoms with Gasteiger partial charge in [-0.25, -0.2) is 10.2 Å². The minimum Gasteiger partial charge on any atom is -0.479 e. The quantitative estimate of drug-likeness (QED) is 0.707. The third-order valence-electron chi connectivity index (χ3n) is 3.81. The molecule has 132 valence electrons. The normalized spacial score (nSPS) is 16.1. The lowest BCUT2D eigenvalue weighted by molar-refractivity contribution is -0.128. The van der Waals surface area contributed by atoms with E-state index in [0.717, 1.165) is 25.7 Å². The van der Waals surface area contributed by atoms with Crippen molar-refractivity contribution < 1.29 is 14.3 Å². The second-order valence-electron chi connectivity index (χ2n) is 5.76. The van der Waals surface area contributed by atoms with Gasteiger partial charge in [-0.15, -0.1) is 0 Å². The summed E-state index contributed by atoms with van der Waals surface area (Å²) in [5.41, 5.74) is 4.66. The van der Waals surface area contributed by atoms with Crippen LogP contribution in [-0.4, -0.2) is 24.1 Å². The summed E-state index contributed by atoms with van der Waals surface area (Å²) >= 11 is 11.8. The van der Waals surface area contributed by atoms with Crippen molar-refractivity contribution in [3.05, 3.63) is 28.2 Å². The number of carbonyl (C=O) groups excluding carboxylic acids is 2. The Kier molecular flexibility index (Phi) is 6.99. The number of hydrazine groups is 1. The van der Waals surface area contributed by atoms with Gasteiger partial charge in [-0.3, -0.25) is 10.2 Å². The Morgan fingerprint density at radius 3 is 2.54 bits per heavy atom. The molecule has 0 spiro atoms. The summed E-state index contributed by atoms with van der Waals surface area (Å²) in [6, 6.07) is 4.46. The number of ether oxygens (including phenoxy) is 1. The lowest BCUT2D eigenvalue weighted by atomic mass is 9.96. The van der Waals surface area contributed by atoms with E-state index in [1.54, 1.807) is 19.1 Å². The smallest absolute Gasteiger partial charge is 0.333 e. The van der Waals surface area contributed by atoms with Crippen LogP contribution < -0.4 is 20.9 Å². The molecule has 3 amide bonds. The third-order valence-corrected chi connectivity index (χ3v) is 4.34. The molecule has 6 nitrogen and oxygen atoms in total. The second kappa shape index (κ2) is 8.99. The fraction of sp³-hybridized carbons (Fsp3) is 0.500. The highest BCUT2D eigenvalue weighted by atomic mass is 35.5. The highest BCUT2D eigenvalue weighted by Gasteiger charge is 2.19. The molecule has 1 aromatic carbocycles. The van der Waals surface area contributed by atoms with E-state index in [4.69, 9.17) is 27.9 Å². The predicted octanol–water partition coefficient (Wildman–Crippen LogP) is 3.42. The largest absolute Gasteiger partial charge is 0.479 e. The van der Waals surface area contributed by atoms with Crippen LogP contribution in [0.15, 0.2) is 18.2 Å². The molecule has 0 aliphatic heterocycles. The summed E-state index contributed by atoms with van der Waals surface area (Å²) in [5.74, 6) is -0.143. The van der Waals surface area contributed by atoms with Gasteiger partial charge in [-0.05, 0) is 38.0 Å².